The fraction of sp³-hybridized carbons (Fsp3) is 0.429. The second kappa shape index (κ2) is 7.33. The van der Waals surface area contributed by atoms with E-state index < -0.39 is 6.04 Å². The minimum atomic E-state index is -0.497. The van der Waals surface area contributed by atoms with Gasteiger partial charge in [-0.2, -0.15) is 5.26 Å². The zero-order valence-electron chi connectivity index (χ0n) is 10.9. The fourth-order valence-electron chi connectivity index (χ4n) is 1.57. The number of hydrogen-bond acceptors (Lipinski definition) is 3. The number of carbonyl (C=O) groups is 1. The molecule has 0 bridgehead atoms. The highest BCUT2D eigenvalue weighted by Crippen LogP contribution is 2.15. The van der Waals surface area contributed by atoms with Crippen molar-refractivity contribution in [3.8, 4) is 6.07 Å². The molecule has 0 radical (unpaired) electrons. The smallest absolute Gasteiger partial charge is 0.223 e. The minimum Gasteiger partial charge on any atom is -0.369 e. The summed E-state index contributed by atoms with van der Waals surface area (Å²) in [7, 11) is 0. The molecule has 4 heteroatoms. The van der Waals surface area contributed by atoms with Gasteiger partial charge in [0, 0.05) is 12.2 Å². The number of carbonyl (C=O) groups excluding carboxylic acids is 1. The fourth-order valence-corrected chi connectivity index (χ4v) is 1.57. The number of benzene rings is 1. The van der Waals surface area contributed by atoms with Gasteiger partial charge in [-0.1, -0.05) is 25.1 Å². The van der Waals surface area contributed by atoms with E-state index in [4.69, 9.17) is 5.26 Å². The Morgan fingerprint density at radius 2 is 2.17 bits per heavy atom. The molecule has 0 aliphatic carbocycles. The van der Waals surface area contributed by atoms with Gasteiger partial charge >= 0.3 is 0 Å². The summed E-state index contributed by atoms with van der Waals surface area (Å²) in [6.45, 7) is 4.61. The largest absolute Gasteiger partial charge is 0.369 e. The Bertz CT molecular complexity index is 437. The van der Waals surface area contributed by atoms with Crippen LogP contribution in [-0.4, -0.2) is 18.5 Å². The summed E-state index contributed by atoms with van der Waals surface area (Å²) in [6.07, 6.45) is 1.07. The normalized spacial score (nSPS) is 11.4. The Balaban J connectivity index is 2.56. The molecule has 96 valence electrons. The third kappa shape index (κ3) is 4.46. The van der Waals surface area contributed by atoms with Crippen molar-refractivity contribution in [2.75, 3.05) is 11.9 Å². The van der Waals surface area contributed by atoms with E-state index in [2.05, 4.69) is 16.7 Å². The molecule has 1 aromatic carbocycles. The molecule has 0 saturated carbocycles. The summed E-state index contributed by atoms with van der Waals surface area (Å²) >= 11 is 0. The predicted octanol–water partition coefficient (Wildman–Crippen LogP) is 2.22. The molecule has 0 aliphatic rings. The van der Waals surface area contributed by atoms with Crippen molar-refractivity contribution in [3.05, 3.63) is 29.8 Å². The van der Waals surface area contributed by atoms with E-state index in [1.165, 1.54) is 0 Å². The first-order valence-electron chi connectivity index (χ1n) is 6.15. The molecule has 0 aliphatic heterocycles. The first-order chi connectivity index (χ1) is 8.67. The number of nitriles is 1. The number of rotatable bonds is 6. The van der Waals surface area contributed by atoms with Crippen molar-refractivity contribution in [2.24, 2.45) is 0 Å². The number of nitrogens with zero attached hydrogens (tertiary/aromatic N) is 1. The van der Waals surface area contributed by atoms with Crippen molar-refractivity contribution in [3.63, 3.8) is 0 Å². The Kier molecular flexibility index (Phi) is 5.72. The number of amides is 1. The molecule has 18 heavy (non-hydrogen) atoms. The highest BCUT2D eigenvalue weighted by Gasteiger charge is 2.13. The van der Waals surface area contributed by atoms with E-state index in [0.29, 0.717) is 6.54 Å². The second-order valence-electron chi connectivity index (χ2n) is 4.20. The van der Waals surface area contributed by atoms with Gasteiger partial charge in [-0.15, -0.1) is 0 Å². The molecule has 0 spiro atoms. The van der Waals surface area contributed by atoms with Crippen LogP contribution in [0.3, 0.4) is 0 Å². The van der Waals surface area contributed by atoms with Crippen molar-refractivity contribution < 1.29 is 4.79 Å². The van der Waals surface area contributed by atoms with Crippen LogP contribution in [0.5, 0.6) is 0 Å². The summed E-state index contributed by atoms with van der Waals surface area (Å²) in [5.74, 6) is -0.0931. The molecule has 4 nitrogen and oxygen atoms in total. The van der Waals surface area contributed by atoms with Gasteiger partial charge in [-0.05, 0) is 25.0 Å². The summed E-state index contributed by atoms with van der Waals surface area (Å²) in [5.41, 5.74) is 1.96. The van der Waals surface area contributed by atoms with Crippen LogP contribution in [0.1, 0.15) is 25.3 Å². The zero-order chi connectivity index (χ0) is 13.4. The lowest BCUT2D eigenvalue weighted by Crippen LogP contribution is -2.30. The minimum absolute atomic E-state index is 0.0931. The van der Waals surface area contributed by atoms with Gasteiger partial charge in [0.15, 0.2) is 0 Å². The summed E-state index contributed by atoms with van der Waals surface area (Å²) in [5, 5.41) is 14.9. The Morgan fingerprint density at radius 1 is 1.44 bits per heavy atom. The monoisotopic (exact) mass is 245 g/mol. The molecule has 1 rings (SSSR count). The van der Waals surface area contributed by atoms with Gasteiger partial charge in [0.25, 0.3) is 0 Å². The summed E-state index contributed by atoms with van der Waals surface area (Å²) in [6, 6.07) is 9.33. The number of anilines is 1. The van der Waals surface area contributed by atoms with E-state index in [9.17, 15) is 4.79 Å². The number of nitrogens with one attached hydrogen (secondary N) is 2. The van der Waals surface area contributed by atoms with Gasteiger partial charge in [0.2, 0.25) is 5.91 Å². The number of para-hydroxylation sites is 1. The molecular weight excluding hydrogens is 226 g/mol. The number of hydrogen-bond donors (Lipinski definition) is 2. The maximum Gasteiger partial charge on any atom is 0.223 e. The van der Waals surface area contributed by atoms with Crippen LogP contribution in [0.15, 0.2) is 24.3 Å². The first-order valence-corrected chi connectivity index (χ1v) is 6.15. The average molecular weight is 245 g/mol. The second-order valence-corrected chi connectivity index (χ2v) is 4.20. The zero-order valence-corrected chi connectivity index (χ0v) is 10.9. The molecule has 1 aromatic rings. The van der Waals surface area contributed by atoms with E-state index >= 15 is 0 Å². The van der Waals surface area contributed by atoms with E-state index in [1.54, 1.807) is 0 Å². The lowest BCUT2D eigenvalue weighted by Gasteiger charge is -2.14. The third-order valence-corrected chi connectivity index (χ3v) is 2.59. The lowest BCUT2D eigenvalue weighted by molar-refractivity contribution is -0.121. The van der Waals surface area contributed by atoms with E-state index in [1.807, 2.05) is 38.1 Å². The van der Waals surface area contributed by atoms with Gasteiger partial charge in [0.1, 0.15) is 6.04 Å². The van der Waals surface area contributed by atoms with Crippen LogP contribution >= 0.6 is 0 Å². The molecule has 1 unspecified atom stereocenters. The van der Waals surface area contributed by atoms with Crippen molar-refractivity contribution >= 4 is 11.6 Å². The average Bonchev–Trinajstić information content (AvgIpc) is 2.38. The topological polar surface area (TPSA) is 64.9 Å². The standard InChI is InChI=1S/C14H19N3O/c1-3-8-16-14(18)9-12(10-15)17-13-7-5-4-6-11(13)2/h4-7,12,17H,3,8-9H2,1-2H3,(H,16,18). The first kappa shape index (κ1) is 14.0. The number of aryl methyl sites for hydroxylation is 1. The van der Waals surface area contributed by atoms with Crippen LogP contribution in [0.25, 0.3) is 0 Å². The third-order valence-electron chi connectivity index (χ3n) is 2.59. The van der Waals surface area contributed by atoms with Gasteiger partial charge < -0.3 is 10.6 Å². The molecule has 1 atom stereocenters. The summed E-state index contributed by atoms with van der Waals surface area (Å²) in [4.78, 5) is 11.5. The predicted molar refractivity (Wildman–Crippen MR) is 72.1 cm³/mol. The molecule has 0 fully saturated rings. The van der Waals surface area contributed by atoms with Crippen molar-refractivity contribution in [1.82, 2.24) is 5.32 Å². The summed E-state index contributed by atoms with van der Waals surface area (Å²) < 4.78 is 0. The quantitative estimate of drug-likeness (QED) is 0.807. The van der Waals surface area contributed by atoms with Gasteiger partial charge in [-0.25, -0.2) is 0 Å². The Labute approximate surface area is 108 Å². The van der Waals surface area contributed by atoms with Crippen molar-refractivity contribution in [2.45, 2.75) is 32.7 Å². The highest BCUT2D eigenvalue weighted by atomic mass is 16.1. The van der Waals surface area contributed by atoms with Crippen LogP contribution in [-0.2, 0) is 4.79 Å². The molecule has 1 amide bonds. The molecule has 2 N–H and O–H groups in total. The molecular formula is C14H19N3O. The Morgan fingerprint density at radius 3 is 2.78 bits per heavy atom. The lowest BCUT2D eigenvalue weighted by atomic mass is 10.1. The van der Waals surface area contributed by atoms with Crippen LogP contribution in [0, 0.1) is 18.3 Å². The van der Waals surface area contributed by atoms with E-state index in [-0.39, 0.29) is 12.3 Å². The maximum absolute atomic E-state index is 11.5. The van der Waals surface area contributed by atoms with Crippen LogP contribution < -0.4 is 10.6 Å². The van der Waals surface area contributed by atoms with Crippen LogP contribution in [0.4, 0.5) is 5.69 Å². The highest BCUT2D eigenvalue weighted by molar-refractivity contribution is 5.77. The van der Waals surface area contributed by atoms with Gasteiger partial charge in [0.05, 0.1) is 12.5 Å². The Hall–Kier alpha value is -2.02. The van der Waals surface area contributed by atoms with Crippen LogP contribution in [0.2, 0.25) is 0 Å². The SMILES string of the molecule is CCCNC(=O)CC(C#N)Nc1ccccc1C. The molecule has 0 heterocycles. The maximum atomic E-state index is 11.5. The van der Waals surface area contributed by atoms with E-state index in [0.717, 1.165) is 17.7 Å². The van der Waals surface area contributed by atoms with Crippen molar-refractivity contribution in [1.29, 1.82) is 5.26 Å². The molecule has 0 saturated heterocycles. The molecule has 0 aromatic heterocycles. The van der Waals surface area contributed by atoms with Gasteiger partial charge in [-0.3, -0.25) is 4.79 Å².